The van der Waals surface area contributed by atoms with Gasteiger partial charge in [-0.2, -0.15) is 5.10 Å². The molecule has 0 aliphatic carbocycles. The van der Waals surface area contributed by atoms with Gasteiger partial charge in [-0.1, -0.05) is 18.2 Å². The Hall–Kier alpha value is -2.42. The summed E-state index contributed by atoms with van der Waals surface area (Å²) in [5.41, 5.74) is 0.803. The predicted octanol–water partition coefficient (Wildman–Crippen LogP) is 0.0230. The Kier molecular flexibility index (Phi) is 4.03. The maximum atomic E-state index is 12.0. The zero-order chi connectivity index (χ0) is 16.4. The molecule has 1 aromatic heterocycles. The van der Waals surface area contributed by atoms with Crippen LogP contribution in [0.1, 0.15) is 16.9 Å². The van der Waals surface area contributed by atoms with Crippen molar-refractivity contribution in [3.05, 3.63) is 30.0 Å². The van der Waals surface area contributed by atoms with Crippen molar-refractivity contribution < 1.29 is 22.7 Å². The number of hydrogen-bond acceptors (Lipinski definition) is 6. The van der Waals surface area contributed by atoms with E-state index in [9.17, 15) is 18.0 Å². The van der Waals surface area contributed by atoms with Gasteiger partial charge in [-0.05, 0) is 12.5 Å². The van der Waals surface area contributed by atoms with Crippen LogP contribution < -0.4 is 5.32 Å². The topological polar surface area (TPSA) is 118 Å². The Morgan fingerprint density at radius 3 is 2.87 bits per heavy atom. The summed E-state index contributed by atoms with van der Waals surface area (Å²) in [6.45, 7) is -0.476. The minimum absolute atomic E-state index is 0.0665. The largest absolute Gasteiger partial charge is 0.451 e. The maximum absolute atomic E-state index is 12.0. The van der Waals surface area contributed by atoms with Crippen LogP contribution in [0.5, 0.6) is 0 Å². The number of amides is 1. The fourth-order valence-electron chi connectivity index (χ4n) is 2.50. The minimum atomic E-state index is -3.07. The smallest absolute Gasteiger partial charge is 0.359 e. The van der Waals surface area contributed by atoms with Gasteiger partial charge in [0.1, 0.15) is 0 Å². The molecule has 1 unspecified atom stereocenters. The number of H-pyrrole nitrogens is 1. The van der Waals surface area contributed by atoms with Gasteiger partial charge < -0.3 is 10.1 Å². The molecule has 1 aromatic carbocycles. The van der Waals surface area contributed by atoms with E-state index in [2.05, 4.69) is 15.5 Å². The summed E-state index contributed by atoms with van der Waals surface area (Å²) in [6, 6.07) is 6.64. The summed E-state index contributed by atoms with van der Waals surface area (Å²) in [7, 11) is -3.07. The molecular weight excluding hydrogens is 322 g/mol. The van der Waals surface area contributed by atoms with E-state index < -0.39 is 34.4 Å². The van der Waals surface area contributed by atoms with E-state index in [1.54, 1.807) is 24.3 Å². The fraction of sp³-hybridized carbons (Fsp3) is 0.357. The molecule has 0 bridgehead atoms. The summed E-state index contributed by atoms with van der Waals surface area (Å²) in [5.74, 6) is -1.25. The number of benzene rings is 1. The standard InChI is InChI=1S/C14H15N3O5S/c18-12(15-9-5-6-23(20,21)8-9)7-22-14(19)13-10-3-1-2-4-11(10)16-17-13/h1-4,9H,5-8H2,(H,15,18)(H,16,17). The number of nitrogens with one attached hydrogen (secondary N) is 2. The highest BCUT2D eigenvalue weighted by Crippen LogP contribution is 2.16. The molecule has 2 N–H and O–H groups in total. The lowest BCUT2D eigenvalue weighted by molar-refractivity contribution is -0.124. The fourth-order valence-corrected chi connectivity index (χ4v) is 4.17. The van der Waals surface area contributed by atoms with Crippen LogP contribution in [0.15, 0.2) is 24.3 Å². The number of nitrogens with zero attached hydrogens (tertiary/aromatic N) is 1. The summed E-state index contributed by atoms with van der Waals surface area (Å²) < 4.78 is 27.6. The van der Waals surface area contributed by atoms with E-state index in [0.717, 1.165) is 0 Å². The molecule has 1 saturated heterocycles. The Balaban J connectivity index is 1.56. The molecular formula is C14H15N3O5S. The lowest BCUT2D eigenvalue weighted by Crippen LogP contribution is -2.38. The molecule has 8 nitrogen and oxygen atoms in total. The van der Waals surface area contributed by atoms with E-state index in [0.29, 0.717) is 17.3 Å². The number of fused-ring (bicyclic) bond motifs is 1. The third-order valence-corrected chi connectivity index (χ3v) is 5.36. The molecule has 23 heavy (non-hydrogen) atoms. The molecule has 0 saturated carbocycles. The lowest BCUT2D eigenvalue weighted by Gasteiger charge is -2.10. The van der Waals surface area contributed by atoms with Crippen LogP contribution in [0.4, 0.5) is 0 Å². The van der Waals surface area contributed by atoms with Crippen molar-refractivity contribution in [1.82, 2.24) is 15.5 Å². The number of carbonyl (C=O) groups is 2. The quantitative estimate of drug-likeness (QED) is 0.760. The van der Waals surface area contributed by atoms with Crippen LogP contribution in [0.2, 0.25) is 0 Å². The third kappa shape index (κ3) is 3.50. The Labute approximate surface area is 132 Å². The number of hydrogen-bond donors (Lipinski definition) is 2. The molecule has 0 radical (unpaired) electrons. The monoisotopic (exact) mass is 337 g/mol. The Morgan fingerprint density at radius 2 is 2.13 bits per heavy atom. The molecule has 122 valence electrons. The maximum Gasteiger partial charge on any atom is 0.359 e. The third-order valence-electron chi connectivity index (χ3n) is 3.60. The number of aromatic nitrogens is 2. The van der Waals surface area contributed by atoms with Crippen molar-refractivity contribution >= 4 is 32.6 Å². The highest BCUT2D eigenvalue weighted by atomic mass is 32.2. The number of carbonyl (C=O) groups excluding carboxylic acids is 2. The summed E-state index contributed by atoms with van der Waals surface area (Å²) in [5, 5.41) is 9.75. The van der Waals surface area contributed by atoms with Crippen molar-refractivity contribution in [2.75, 3.05) is 18.1 Å². The molecule has 1 aliphatic rings. The number of aromatic amines is 1. The zero-order valence-electron chi connectivity index (χ0n) is 12.1. The van der Waals surface area contributed by atoms with Crippen LogP contribution >= 0.6 is 0 Å². The molecule has 9 heteroatoms. The Bertz CT molecular complexity index is 858. The van der Waals surface area contributed by atoms with Crippen molar-refractivity contribution in [3.8, 4) is 0 Å². The van der Waals surface area contributed by atoms with Crippen LogP contribution in [0, 0.1) is 0 Å². The summed E-state index contributed by atoms with van der Waals surface area (Å²) in [4.78, 5) is 23.7. The van der Waals surface area contributed by atoms with Crippen molar-refractivity contribution in [3.63, 3.8) is 0 Å². The summed E-state index contributed by atoms with van der Waals surface area (Å²) >= 11 is 0. The first kappa shape index (κ1) is 15.5. The van der Waals surface area contributed by atoms with Crippen LogP contribution in [-0.2, 0) is 19.4 Å². The average molecular weight is 337 g/mol. The number of sulfone groups is 1. The van der Waals surface area contributed by atoms with Gasteiger partial charge in [-0.15, -0.1) is 0 Å². The van der Waals surface area contributed by atoms with Crippen LogP contribution in [0.25, 0.3) is 10.9 Å². The molecule has 1 aliphatic heterocycles. The van der Waals surface area contributed by atoms with Gasteiger partial charge in [-0.25, -0.2) is 13.2 Å². The molecule has 1 fully saturated rings. The number of ether oxygens (including phenoxy) is 1. The van der Waals surface area contributed by atoms with Crippen LogP contribution in [0.3, 0.4) is 0 Å². The highest BCUT2D eigenvalue weighted by Gasteiger charge is 2.29. The predicted molar refractivity (Wildman–Crippen MR) is 81.6 cm³/mol. The highest BCUT2D eigenvalue weighted by molar-refractivity contribution is 7.91. The number of rotatable bonds is 4. The van der Waals surface area contributed by atoms with E-state index >= 15 is 0 Å². The lowest BCUT2D eigenvalue weighted by atomic mass is 10.2. The molecule has 2 heterocycles. The van der Waals surface area contributed by atoms with E-state index in [-0.39, 0.29) is 17.2 Å². The number of esters is 1. The second kappa shape index (κ2) is 5.99. The van der Waals surface area contributed by atoms with Crippen molar-refractivity contribution in [2.45, 2.75) is 12.5 Å². The van der Waals surface area contributed by atoms with Crippen molar-refractivity contribution in [2.24, 2.45) is 0 Å². The molecule has 2 aromatic rings. The average Bonchev–Trinajstić information content (AvgIpc) is 3.08. The van der Waals surface area contributed by atoms with Crippen molar-refractivity contribution in [1.29, 1.82) is 0 Å². The normalized spacial score (nSPS) is 19.6. The van der Waals surface area contributed by atoms with Gasteiger partial charge in [0.05, 0.1) is 17.0 Å². The van der Waals surface area contributed by atoms with Crippen LogP contribution in [-0.4, -0.2) is 54.6 Å². The zero-order valence-corrected chi connectivity index (χ0v) is 12.9. The first-order chi connectivity index (χ1) is 10.9. The molecule has 3 rings (SSSR count). The molecule has 1 amide bonds. The second-order valence-corrected chi connectivity index (χ2v) is 7.59. The minimum Gasteiger partial charge on any atom is -0.451 e. The molecule has 1 atom stereocenters. The second-order valence-electron chi connectivity index (χ2n) is 5.36. The van der Waals surface area contributed by atoms with E-state index in [1.807, 2.05) is 0 Å². The van der Waals surface area contributed by atoms with E-state index in [4.69, 9.17) is 4.74 Å². The SMILES string of the molecule is O=C(COC(=O)c1n[nH]c2ccccc12)NC1CCS(=O)(=O)C1. The number of para-hydroxylation sites is 1. The van der Waals surface area contributed by atoms with Gasteiger partial charge in [-0.3, -0.25) is 9.89 Å². The first-order valence-electron chi connectivity index (χ1n) is 7.05. The van der Waals surface area contributed by atoms with Gasteiger partial charge >= 0.3 is 5.97 Å². The molecule has 0 spiro atoms. The van der Waals surface area contributed by atoms with E-state index in [1.165, 1.54) is 0 Å². The van der Waals surface area contributed by atoms with Gasteiger partial charge in [0, 0.05) is 11.4 Å². The Morgan fingerprint density at radius 1 is 1.35 bits per heavy atom. The first-order valence-corrected chi connectivity index (χ1v) is 8.87. The van der Waals surface area contributed by atoms with Gasteiger partial charge in [0.15, 0.2) is 22.1 Å². The van der Waals surface area contributed by atoms with Gasteiger partial charge in [0.2, 0.25) is 0 Å². The summed E-state index contributed by atoms with van der Waals surface area (Å²) in [6.07, 6.45) is 0.381. The van der Waals surface area contributed by atoms with Gasteiger partial charge in [0.25, 0.3) is 5.91 Å².